The zero-order valence-corrected chi connectivity index (χ0v) is 13.8. The van der Waals surface area contributed by atoms with Gasteiger partial charge in [0.25, 0.3) is 0 Å². The fourth-order valence-electron chi connectivity index (χ4n) is 4.34. The van der Waals surface area contributed by atoms with Crippen LogP contribution in [0.3, 0.4) is 0 Å². The summed E-state index contributed by atoms with van der Waals surface area (Å²) in [5.74, 6) is -0.851. The van der Waals surface area contributed by atoms with Gasteiger partial charge in [-0.2, -0.15) is 0 Å². The van der Waals surface area contributed by atoms with Crippen molar-refractivity contribution in [2.75, 3.05) is 11.9 Å². The molecule has 1 N–H and O–H groups in total. The summed E-state index contributed by atoms with van der Waals surface area (Å²) in [6.07, 6.45) is 5.00. The minimum atomic E-state index is -0.328. The van der Waals surface area contributed by atoms with Gasteiger partial charge in [-0.1, -0.05) is 24.3 Å². The van der Waals surface area contributed by atoms with Gasteiger partial charge >= 0.3 is 0 Å². The van der Waals surface area contributed by atoms with Gasteiger partial charge in [0, 0.05) is 5.69 Å². The van der Waals surface area contributed by atoms with E-state index < -0.39 is 0 Å². The largest absolute Gasteiger partial charge is 0.324 e. The zero-order chi connectivity index (χ0) is 17.0. The molecule has 4 rings (SSSR count). The summed E-state index contributed by atoms with van der Waals surface area (Å²) < 4.78 is 0. The highest BCUT2D eigenvalue weighted by atomic mass is 16.2. The van der Waals surface area contributed by atoms with E-state index in [0.29, 0.717) is 0 Å². The van der Waals surface area contributed by atoms with Gasteiger partial charge in [-0.25, -0.2) is 0 Å². The van der Waals surface area contributed by atoms with E-state index >= 15 is 0 Å². The molecule has 0 unspecified atom stereocenters. The van der Waals surface area contributed by atoms with Gasteiger partial charge in [-0.15, -0.1) is 0 Å². The Balaban J connectivity index is 1.48. The van der Waals surface area contributed by atoms with E-state index in [0.717, 1.165) is 28.1 Å². The molecule has 124 valence electrons. The predicted molar refractivity (Wildman–Crippen MR) is 89.0 cm³/mol. The number of hydrogen-bond acceptors (Lipinski definition) is 3. The second-order valence-electron chi connectivity index (χ2n) is 7.06. The number of rotatable bonds is 3. The van der Waals surface area contributed by atoms with E-state index in [1.54, 1.807) is 0 Å². The molecule has 1 aliphatic heterocycles. The second kappa shape index (κ2) is 5.30. The van der Waals surface area contributed by atoms with Crippen LogP contribution in [0.2, 0.25) is 0 Å². The van der Waals surface area contributed by atoms with Crippen LogP contribution in [-0.2, 0) is 14.4 Å². The number of hydrogen-bond donors (Lipinski definition) is 1. The van der Waals surface area contributed by atoms with Gasteiger partial charge in [0.1, 0.15) is 6.54 Å². The van der Waals surface area contributed by atoms with E-state index in [-0.39, 0.29) is 47.9 Å². The Labute approximate surface area is 140 Å². The van der Waals surface area contributed by atoms with Crippen LogP contribution in [0.25, 0.3) is 0 Å². The van der Waals surface area contributed by atoms with Crippen LogP contribution >= 0.6 is 0 Å². The molecule has 2 bridgehead atoms. The highest BCUT2D eigenvalue weighted by Gasteiger charge is 2.59. The SMILES string of the molecule is Cc1cccc(NC(=O)CN2C(=O)[C@@H]3[C@@H](C2=O)[C@@H]2C=C[C@@H]3C2)c1C. The summed E-state index contributed by atoms with van der Waals surface area (Å²) in [4.78, 5) is 38.7. The highest BCUT2D eigenvalue weighted by Crippen LogP contribution is 2.52. The average molecular weight is 324 g/mol. The quantitative estimate of drug-likeness (QED) is 0.683. The maximum Gasteiger partial charge on any atom is 0.244 e. The molecule has 1 aromatic carbocycles. The van der Waals surface area contributed by atoms with Crippen LogP contribution in [0.5, 0.6) is 0 Å². The van der Waals surface area contributed by atoms with Crippen LogP contribution < -0.4 is 5.32 Å². The van der Waals surface area contributed by atoms with Gasteiger partial charge < -0.3 is 5.32 Å². The van der Waals surface area contributed by atoms with Crippen LogP contribution in [0.1, 0.15) is 17.5 Å². The van der Waals surface area contributed by atoms with E-state index in [2.05, 4.69) is 17.5 Å². The third-order valence-electron chi connectivity index (χ3n) is 5.74. The van der Waals surface area contributed by atoms with Crippen molar-refractivity contribution in [2.45, 2.75) is 20.3 Å². The first-order valence-corrected chi connectivity index (χ1v) is 8.37. The van der Waals surface area contributed by atoms with Crippen LogP contribution in [0.4, 0.5) is 5.69 Å². The molecular weight excluding hydrogens is 304 g/mol. The van der Waals surface area contributed by atoms with Crippen LogP contribution in [0.15, 0.2) is 30.4 Å². The normalized spacial score (nSPS) is 30.2. The Kier molecular flexibility index (Phi) is 3.34. The number of anilines is 1. The van der Waals surface area contributed by atoms with Gasteiger partial charge in [0.05, 0.1) is 11.8 Å². The fraction of sp³-hybridized carbons (Fsp3) is 0.421. The number of aryl methyl sites for hydroxylation is 1. The Morgan fingerprint density at radius 2 is 1.75 bits per heavy atom. The topological polar surface area (TPSA) is 66.5 Å². The lowest BCUT2D eigenvalue weighted by Gasteiger charge is -2.17. The zero-order valence-electron chi connectivity index (χ0n) is 13.8. The Morgan fingerprint density at radius 1 is 1.12 bits per heavy atom. The minimum absolute atomic E-state index is 0.170. The molecule has 1 saturated heterocycles. The van der Waals surface area contributed by atoms with E-state index in [4.69, 9.17) is 0 Å². The van der Waals surface area contributed by atoms with Crippen molar-refractivity contribution in [1.82, 2.24) is 4.90 Å². The molecule has 4 atom stereocenters. The second-order valence-corrected chi connectivity index (χ2v) is 7.06. The first-order valence-electron chi connectivity index (χ1n) is 8.37. The third-order valence-corrected chi connectivity index (χ3v) is 5.74. The Bertz CT molecular complexity index is 753. The molecule has 0 aromatic heterocycles. The monoisotopic (exact) mass is 324 g/mol. The molecule has 1 saturated carbocycles. The molecule has 0 radical (unpaired) electrons. The molecule has 3 aliphatic rings. The van der Waals surface area contributed by atoms with E-state index in [1.165, 1.54) is 0 Å². The predicted octanol–water partition coefficient (Wildman–Crippen LogP) is 2.05. The summed E-state index contributed by atoms with van der Waals surface area (Å²) in [5.41, 5.74) is 2.79. The van der Waals surface area contributed by atoms with Crippen molar-refractivity contribution in [3.05, 3.63) is 41.5 Å². The first-order chi connectivity index (χ1) is 11.5. The fourth-order valence-corrected chi connectivity index (χ4v) is 4.34. The standard InChI is InChI=1S/C19H20N2O3/c1-10-4-3-5-14(11(10)2)20-15(22)9-21-18(23)16-12-6-7-13(8-12)17(16)19(21)24/h3-7,12-13,16-17H,8-9H2,1-2H3,(H,20,22)/t12-,13-,16+,17+/m1/s1. The van der Waals surface area contributed by atoms with Crippen molar-refractivity contribution in [3.63, 3.8) is 0 Å². The highest BCUT2D eigenvalue weighted by molar-refractivity contribution is 6.09. The van der Waals surface area contributed by atoms with Crippen molar-refractivity contribution < 1.29 is 14.4 Å². The molecule has 5 nitrogen and oxygen atoms in total. The van der Waals surface area contributed by atoms with Gasteiger partial charge in [0.2, 0.25) is 17.7 Å². The number of carbonyl (C=O) groups excluding carboxylic acids is 3. The molecule has 24 heavy (non-hydrogen) atoms. The van der Waals surface area contributed by atoms with Crippen LogP contribution in [-0.4, -0.2) is 29.2 Å². The van der Waals surface area contributed by atoms with E-state index in [1.807, 2.05) is 32.0 Å². The Morgan fingerprint density at radius 3 is 2.38 bits per heavy atom. The number of imide groups is 1. The third kappa shape index (κ3) is 2.11. The average Bonchev–Trinajstić information content (AvgIpc) is 3.22. The Hall–Kier alpha value is -2.43. The number of fused-ring (bicyclic) bond motifs is 5. The lowest BCUT2D eigenvalue weighted by Crippen LogP contribution is -2.39. The number of nitrogens with zero attached hydrogens (tertiary/aromatic N) is 1. The number of nitrogens with one attached hydrogen (secondary N) is 1. The van der Waals surface area contributed by atoms with Gasteiger partial charge in [0.15, 0.2) is 0 Å². The van der Waals surface area contributed by atoms with Crippen LogP contribution in [0, 0.1) is 37.5 Å². The molecule has 5 heteroatoms. The number of likely N-dealkylation sites (tertiary alicyclic amines) is 1. The molecule has 2 aliphatic carbocycles. The number of amides is 3. The van der Waals surface area contributed by atoms with Crippen molar-refractivity contribution >= 4 is 23.4 Å². The van der Waals surface area contributed by atoms with Gasteiger partial charge in [-0.05, 0) is 49.3 Å². The number of allylic oxidation sites excluding steroid dienone is 2. The van der Waals surface area contributed by atoms with Crippen molar-refractivity contribution in [3.8, 4) is 0 Å². The smallest absolute Gasteiger partial charge is 0.244 e. The molecule has 3 amide bonds. The maximum absolute atomic E-state index is 12.6. The summed E-state index contributed by atoms with van der Waals surface area (Å²) >= 11 is 0. The van der Waals surface area contributed by atoms with E-state index in [9.17, 15) is 14.4 Å². The van der Waals surface area contributed by atoms with Crippen molar-refractivity contribution in [1.29, 1.82) is 0 Å². The summed E-state index contributed by atoms with van der Waals surface area (Å²) in [5, 5.41) is 2.82. The lowest BCUT2D eigenvalue weighted by atomic mass is 9.85. The summed E-state index contributed by atoms with van der Waals surface area (Å²) in [6.45, 7) is 3.71. The maximum atomic E-state index is 12.6. The molecular formula is C19H20N2O3. The molecule has 2 fully saturated rings. The lowest BCUT2D eigenvalue weighted by molar-refractivity contribution is -0.143. The first kappa shape index (κ1) is 15.1. The number of benzene rings is 1. The van der Waals surface area contributed by atoms with Crippen molar-refractivity contribution in [2.24, 2.45) is 23.7 Å². The molecule has 1 heterocycles. The number of carbonyl (C=O) groups is 3. The minimum Gasteiger partial charge on any atom is -0.324 e. The van der Waals surface area contributed by atoms with Gasteiger partial charge in [-0.3, -0.25) is 19.3 Å². The summed E-state index contributed by atoms with van der Waals surface area (Å²) in [6, 6.07) is 5.67. The summed E-state index contributed by atoms with van der Waals surface area (Å²) in [7, 11) is 0. The molecule has 0 spiro atoms. The molecule has 1 aromatic rings.